The second-order valence-corrected chi connectivity index (χ2v) is 11.2. The van der Waals surface area contributed by atoms with Gasteiger partial charge in [-0.05, 0) is 61.4 Å². The quantitative estimate of drug-likeness (QED) is 0.248. The van der Waals surface area contributed by atoms with Crippen molar-refractivity contribution in [2.75, 3.05) is 44.9 Å². The molecule has 0 atom stereocenters. The van der Waals surface area contributed by atoms with Crippen LogP contribution in [0.2, 0.25) is 5.02 Å². The molecule has 12 heteroatoms. The van der Waals surface area contributed by atoms with Crippen LogP contribution in [0.1, 0.15) is 23.2 Å². The monoisotopic (exact) mass is 610 g/mol. The second-order valence-electron chi connectivity index (χ2n) is 9.91. The Bertz CT molecular complexity index is 1450. The van der Waals surface area contributed by atoms with Gasteiger partial charge in [0.05, 0.1) is 31.0 Å². The van der Waals surface area contributed by atoms with Gasteiger partial charge in [0, 0.05) is 47.8 Å². The molecular weight excluding hydrogens is 580 g/mol. The Morgan fingerprint density at radius 2 is 1.76 bits per heavy atom. The third kappa shape index (κ3) is 7.67. The largest absolute Gasteiger partial charge is 0.497 e. The molecule has 2 amide bonds. The second kappa shape index (κ2) is 13.8. The number of hydrogen-bond acceptors (Lipinski definition) is 9. The van der Waals surface area contributed by atoms with Gasteiger partial charge in [0.1, 0.15) is 11.5 Å². The smallest absolute Gasteiger partial charge is 0.258 e. The van der Waals surface area contributed by atoms with Gasteiger partial charge in [-0.1, -0.05) is 11.6 Å². The van der Waals surface area contributed by atoms with E-state index in [4.69, 9.17) is 30.8 Å². The van der Waals surface area contributed by atoms with Crippen molar-refractivity contribution in [2.45, 2.75) is 24.9 Å². The van der Waals surface area contributed by atoms with Gasteiger partial charge in [-0.2, -0.15) is 0 Å². The lowest BCUT2D eigenvalue weighted by Crippen LogP contribution is -2.54. The SMILES string of the molecule is COc1ccc(C(=O)/C=C/C(=O)NC2CC(NC(=O)COc3ccc(-c4csc(N5CCOCC5)n4)cc3)C2)c(Cl)c1. The van der Waals surface area contributed by atoms with Gasteiger partial charge in [-0.25, -0.2) is 4.98 Å². The van der Waals surface area contributed by atoms with Crippen LogP contribution in [0.5, 0.6) is 11.5 Å². The van der Waals surface area contributed by atoms with Gasteiger partial charge in [0.2, 0.25) is 5.91 Å². The van der Waals surface area contributed by atoms with E-state index in [0.717, 1.165) is 42.7 Å². The van der Waals surface area contributed by atoms with Crippen LogP contribution in [-0.2, 0) is 14.3 Å². The number of morpholine rings is 1. The summed E-state index contributed by atoms with van der Waals surface area (Å²) in [5, 5.41) is 9.02. The first-order valence-corrected chi connectivity index (χ1v) is 14.8. The third-order valence-electron chi connectivity index (χ3n) is 6.97. The topological polar surface area (TPSA) is 119 Å². The molecule has 2 aromatic carbocycles. The number of ketones is 1. The van der Waals surface area contributed by atoms with Crippen molar-refractivity contribution in [3.05, 3.63) is 70.6 Å². The molecule has 2 fully saturated rings. The average Bonchev–Trinajstić information content (AvgIpc) is 3.49. The number of nitrogens with one attached hydrogen (secondary N) is 2. The maximum atomic E-state index is 12.4. The number of ether oxygens (including phenoxy) is 3. The van der Waals surface area contributed by atoms with Gasteiger partial charge in [0.15, 0.2) is 17.5 Å². The molecular formula is C30H31ClN4O6S. The van der Waals surface area contributed by atoms with E-state index in [9.17, 15) is 14.4 Å². The molecule has 1 aliphatic heterocycles. The minimum Gasteiger partial charge on any atom is -0.497 e. The Morgan fingerprint density at radius 3 is 2.48 bits per heavy atom. The van der Waals surface area contributed by atoms with Gasteiger partial charge < -0.3 is 29.7 Å². The zero-order chi connectivity index (χ0) is 29.5. The van der Waals surface area contributed by atoms with E-state index in [1.54, 1.807) is 23.5 Å². The summed E-state index contributed by atoms with van der Waals surface area (Å²) in [7, 11) is 1.51. The number of carbonyl (C=O) groups is 3. The molecule has 5 rings (SSSR count). The molecule has 2 aliphatic rings. The summed E-state index contributed by atoms with van der Waals surface area (Å²) >= 11 is 7.73. The fourth-order valence-electron chi connectivity index (χ4n) is 4.60. The van der Waals surface area contributed by atoms with Crippen molar-refractivity contribution in [3.8, 4) is 22.8 Å². The van der Waals surface area contributed by atoms with E-state index >= 15 is 0 Å². The lowest BCUT2D eigenvalue weighted by Gasteiger charge is -2.36. The van der Waals surface area contributed by atoms with Crippen LogP contribution in [-0.4, -0.2) is 74.7 Å². The summed E-state index contributed by atoms with van der Waals surface area (Å²) < 4.78 is 16.1. The molecule has 3 aromatic rings. The molecule has 0 radical (unpaired) electrons. The number of allylic oxidation sites excluding steroid dienone is 1. The first kappa shape index (κ1) is 29.6. The zero-order valence-electron chi connectivity index (χ0n) is 23.0. The first-order chi connectivity index (χ1) is 20.4. The number of nitrogens with zero attached hydrogens (tertiary/aromatic N) is 2. The predicted octanol–water partition coefficient (Wildman–Crippen LogP) is 3.89. The maximum absolute atomic E-state index is 12.4. The summed E-state index contributed by atoms with van der Waals surface area (Å²) in [5.74, 6) is 0.131. The lowest BCUT2D eigenvalue weighted by atomic mass is 9.86. The Balaban J connectivity index is 0.996. The van der Waals surface area contributed by atoms with Gasteiger partial charge in [0.25, 0.3) is 5.91 Å². The molecule has 1 saturated heterocycles. The molecule has 220 valence electrons. The van der Waals surface area contributed by atoms with E-state index < -0.39 is 0 Å². The van der Waals surface area contributed by atoms with Crippen molar-refractivity contribution in [1.82, 2.24) is 15.6 Å². The molecule has 1 aliphatic carbocycles. The summed E-state index contributed by atoms with van der Waals surface area (Å²) in [6.07, 6.45) is 3.56. The van der Waals surface area contributed by atoms with Crippen LogP contribution >= 0.6 is 22.9 Å². The summed E-state index contributed by atoms with van der Waals surface area (Å²) in [6, 6.07) is 12.1. The summed E-state index contributed by atoms with van der Waals surface area (Å²) in [5.41, 5.74) is 2.17. The van der Waals surface area contributed by atoms with Crippen LogP contribution in [0.3, 0.4) is 0 Å². The van der Waals surface area contributed by atoms with E-state index in [0.29, 0.717) is 24.3 Å². The van der Waals surface area contributed by atoms with Gasteiger partial charge >= 0.3 is 0 Å². The fraction of sp³-hybridized carbons (Fsp3) is 0.333. The van der Waals surface area contributed by atoms with Crippen LogP contribution in [0.15, 0.2) is 60.0 Å². The van der Waals surface area contributed by atoms with Crippen molar-refractivity contribution in [2.24, 2.45) is 0 Å². The minimum atomic E-state index is -0.385. The van der Waals surface area contributed by atoms with E-state index in [2.05, 4.69) is 15.5 Å². The number of hydrogen-bond donors (Lipinski definition) is 2. The minimum absolute atomic E-state index is 0.0529. The highest BCUT2D eigenvalue weighted by Gasteiger charge is 2.31. The predicted molar refractivity (Wildman–Crippen MR) is 161 cm³/mol. The molecule has 2 N–H and O–H groups in total. The molecule has 0 unspecified atom stereocenters. The molecule has 0 spiro atoms. The van der Waals surface area contributed by atoms with E-state index in [-0.39, 0.29) is 46.9 Å². The Labute approximate surface area is 252 Å². The number of methoxy groups -OCH3 is 1. The molecule has 0 bridgehead atoms. The molecule has 1 aromatic heterocycles. The van der Waals surface area contributed by atoms with Crippen molar-refractivity contribution >= 4 is 45.7 Å². The maximum Gasteiger partial charge on any atom is 0.258 e. The number of carbonyl (C=O) groups excluding carboxylic acids is 3. The summed E-state index contributed by atoms with van der Waals surface area (Å²) in [6.45, 7) is 3.02. The number of rotatable bonds is 11. The van der Waals surface area contributed by atoms with Crippen LogP contribution in [0.25, 0.3) is 11.3 Å². The van der Waals surface area contributed by atoms with Crippen LogP contribution in [0.4, 0.5) is 5.13 Å². The van der Waals surface area contributed by atoms with Crippen molar-refractivity contribution in [3.63, 3.8) is 0 Å². The Kier molecular flexibility index (Phi) is 9.73. The van der Waals surface area contributed by atoms with Gasteiger partial charge in [-0.15, -0.1) is 11.3 Å². The summed E-state index contributed by atoms with van der Waals surface area (Å²) in [4.78, 5) is 43.9. The fourth-order valence-corrected chi connectivity index (χ4v) is 5.76. The first-order valence-electron chi connectivity index (χ1n) is 13.5. The normalized spacial score (nSPS) is 18.3. The number of halogens is 1. The Morgan fingerprint density at radius 1 is 1.05 bits per heavy atom. The third-order valence-corrected chi connectivity index (χ3v) is 8.19. The highest BCUT2D eigenvalue weighted by atomic mass is 35.5. The number of benzene rings is 2. The van der Waals surface area contributed by atoms with E-state index in [1.165, 1.54) is 25.3 Å². The molecule has 42 heavy (non-hydrogen) atoms. The highest BCUT2D eigenvalue weighted by molar-refractivity contribution is 7.14. The van der Waals surface area contributed by atoms with Crippen LogP contribution < -0.4 is 25.0 Å². The number of amides is 2. The molecule has 2 heterocycles. The van der Waals surface area contributed by atoms with Crippen molar-refractivity contribution < 1.29 is 28.6 Å². The highest BCUT2D eigenvalue weighted by Crippen LogP contribution is 2.29. The lowest BCUT2D eigenvalue weighted by molar-refractivity contribution is -0.124. The van der Waals surface area contributed by atoms with Gasteiger partial charge in [-0.3, -0.25) is 14.4 Å². The molecule has 10 nitrogen and oxygen atoms in total. The zero-order valence-corrected chi connectivity index (χ0v) is 24.6. The molecule has 1 saturated carbocycles. The number of anilines is 1. The van der Waals surface area contributed by atoms with Crippen molar-refractivity contribution in [1.29, 1.82) is 0 Å². The number of aromatic nitrogens is 1. The van der Waals surface area contributed by atoms with E-state index in [1.807, 2.05) is 29.6 Å². The number of thiazole rings is 1. The standard InChI is InChI=1S/C30H31ClN4O6S/c1-39-23-6-7-24(25(31)16-23)27(36)8-9-28(37)32-20-14-21(15-20)33-29(38)17-41-22-4-2-19(3-5-22)26-18-42-30(34-26)35-10-12-40-13-11-35/h2-9,16,18,20-21H,10-15,17H2,1H3,(H,32,37)(H,33,38)/b9-8+. The Hall–Kier alpha value is -3.93. The average molecular weight is 611 g/mol. The van der Waals surface area contributed by atoms with Crippen LogP contribution in [0, 0.1) is 0 Å².